The van der Waals surface area contributed by atoms with Gasteiger partial charge >= 0.3 is 0 Å². The van der Waals surface area contributed by atoms with E-state index in [2.05, 4.69) is 43.4 Å². The van der Waals surface area contributed by atoms with Crippen molar-refractivity contribution in [3.8, 4) is 0 Å². The minimum absolute atomic E-state index is 0. The smallest absolute Gasteiger partial charge is 0.220 e. The lowest BCUT2D eigenvalue weighted by atomic mass is 9.99. The molecule has 1 saturated carbocycles. The highest BCUT2D eigenvalue weighted by Gasteiger charge is 2.24. The Morgan fingerprint density at radius 3 is 2.30 bits per heavy atom. The zero-order valence-electron chi connectivity index (χ0n) is 12.3. The highest BCUT2D eigenvalue weighted by atomic mass is 35.5. The molecule has 112 valence electrons. The summed E-state index contributed by atoms with van der Waals surface area (Å²) in [6.07, 6.45) is 3.07. The van der Waals surface area contributed by atoms with Crippen molar-refractivity contribution in [2.45, 2.75) is 45.1 Å². The zero-order valence-corrected chi connectivity index (χ0v) is 13.1. The van der Waals surface area contributed by atoms with E-state index in [1.54, 1.807) is 0 Å². The van der Waals surface area contributed by atoms with E-state index >= 15 is 0 Å². The molecule has 1 aromatic rings. The Morgan fingerprint density at radius 1 is 1.25 bits per heavy atom. The summed E-state index contributed by atoms with van der Waals surface area (Å²) < 4.78 is 0. The lowest BCUT2D eigenvalue weighted by molar-refractivity contribution is -0.121. The van der Waals surface area contributed by atoms with Crippen LogP contribution < -0.4 is 11.1 Å². The van der Waals surface area contributed by atoms with E-state index in [9.17, 15) is 4.79 Å². The summed E-state index contributed by atoms with van der Waals surface area (Å²) in [5, 5.41) is 2.93. The highest BCUT2D eigenvalue weighted by molar-refractivity contribution is 5.85. The van der Waals surface area contributed by atoms with E-state index in [1.165, 1.54) is 18.4 Å². The molecule has 3 nitrogen and oxygen atoms in total. The van der Waals surface area contributed by atoms with Crippen LogP contribution in [0.5, 0.6) is 0 Å². The lowest BCUT2D eigenvalue weighted by Gasteiger charge is -2.14. The van der Waals surface area contributed by atoms with E-state index < -0.39 is 0 Å². The number of hydrogen-bond acceptors (Lipinski definition) is 2. The molecule has 0 bridgehead atoms. The van der Waals surface area contributed by atoms with Crippen molar-refractivity contribution in [1.82, 2.24) is 5.32 Å². The molecule has 0 saturated heterocycles. The van der Waals surface area contributed by atoms with Crippen molar-refractivity contribution in [2.24, 2.45) is 11.7 Å². The molecule has 1 aliphatic carbocycles. The van der Waals surface area contributed by atoms with E-state index in [0.29, 0.717) is 24.8 Å². The number of carbonyl (C=O) groups excluding carboxylic acids is 1. The fourth-order valence-corrected chi connectivity index (χ4v) is 2.13. The van der Waals surface area contributed by atoms with Crippen molar-refractivity contribution in [3.63, 3.8) is 0 Å². The molecule has 20 heavy (non-hydrogen) atoms. The molecular formula is C16H25ClN2O. The molecule has 1 atom stereocenters. The Kier molecular flexibility index (Phi) is 6.50. The Bertz CT molecular complexity index is 427. The Morgan fingerprint density at radius 2 is 1.80 bits per heavy atom. The van der Waals surface area contributed by atoms with Crippen molar-refractivity contribution in [3.05, 3.63) is 35.4 Å². The van der Waals surface area contributed by atoms with Crippen molar-refractivity contribution >= 4 is 18.3 Å². The van der Waals surface area contributed by atoms with Gasteiger partial charge in [-0.15, -0.1) is 12.4 Å². The van der Waals surface area contributed by atoms with Crippen molar-refractivity contribution in [2.75, 3.05) is 6.54 Å². The van der Waals surface area contributed by atoms with Crippen LogP contribution >= 0.6 is 12.4 Å². The summed E-state index contributed by atoms with van der Waals surface area (Å²) >= 11 is 0. The number of carbonyl (C=O) groups is 1. The number of hydrogen-bond donors (Lipinski definition) is 2. The third kappa shape index (κ3) is 5.14. The van der Waals surface area contributed by atoms with Gasteiger partial charge in [-0.25, -0.2) is 0 Å². The fourth-order valence-electron chi connectivity index (χ4n) is 2.13. The summed E-state index contributed by atoms with van der Waals surface area (Å²) in [6.45, 7) is 4.87. The van der Waals surface area contributed by atoms with Gasteiger partial charge in [-0.1, -0.05) is 38.1 Å². The van der Waals surface area contributed by atoms with Gasteiger partial charge < -0.3 is 11.1 Å². The predicted molar refractivity (Wildman–Crippen MR) is 85.1 cm³/mol. The second kappa shape index (κ2) is 7.65. The van der Waals surface area contributed by atoms with E-state index in [-0.39, 0.29) is 24.4 Å². The van der Waals surface area contributed by atoms with Gasteiger partial charge in [-0.05, 0) is 35.8 Å². The van der Waals surface area contributed by atoms with E-state index in [0.717, 1.165) is 5.56 Å². The third-order valence-corrected chi connectivity index (χ3v) is 3.72. The molecular weight excluding hydrogens is 272 g/mol. The topological polar surface area (TPSA) is 55.1 Å². The van der Waals surface area contributed by atoms with Gasteiger partial charge in [0.05, 0.1) is 0 Å². The van der Waals surface area contributed by atoms with Crippen LogP contribution in [-0.4, -0.2) is 12.5 Å². The monoisotopic (exact) mass is 296 g/mol. The first kappa shape index (κ1) is 17.0. The molecule has 4 heteroatoms. The van der Waals surface area contributed by atoms with Gasteiger partial charge in [0.2, 0.25) is 5.91 Å². The summed E-state index contributed by atoms with van der Waals surface area (Å²) in [7, 11) is 0. The minimum atomic E-state index is -0.121. The highest BCUT2D eigenvalue weighted by Crippen LogP contribution is 2.32. The lowest BCUT2D eigenvalue weighted by Crippen LogP contribution is -2.32. The molecule has 1 fully saturated rings. The van der Waals surface area contributed by atoms with Gasteiger partial charge in [0.25, 0.3) is 0 Å². The standard InChI is InChI=1S/C16H24N2O.ClH/c1-11(2)13-5-7-14(8-6-13)15(17)10-18-16(19)9-12-3-4-12;/h5-8,11-12,15H,3-4,9-10,17H2,1-2H3,(H,18,19);1H. The van der Waals surface area contributed by atoms with Gasteiger partial charge in [-0.3, -0.25) is 4.79 Å². The van der Waals surface area contributed by atoms with Crippen LogP contribution in [0.1, 0.15) is 56.2 Å². The molecule has 3 N–H and O–H groups in total. The number of rotatable bonds is 6. The zero-order chi connectivity index (χ0) is 13.8. The number of amides is 1. The van der Waals surface area contributed by atoms with Gasteiger partial charge in [0.1, 0.15) is 0 Å². The van der Waals surface area contributed by atoms with E-state index in [4.69, 9.17) is 5.73 Å². The molecule has 0 aromatic heterocycles. The first-order valence-electron chi connectivity index (χ1n) is 7.18. The normalized spacial score (nSPS) is 15.6. The molecule has 1 aromatic carbocycles. The van der Waals surface area contributed by atoms with Crippen LogP contribution in [0.4, 0.5) is 0 Å². The van der Waals surface area contributed by atoms with Crippen molar-refractivity contribution < 1.29 is 4.79 Å². The van der Waals surface area contributed by atoms with E-state index in [1.807, 2.05) is 0 Å². The summed E-state index contributed by atoms with van der Waals surface area (Å²) in [5.74, 6) is 1.29. The Labute approximate surface area is 127 Å². The van der Waals surface area contributed by atoms with Gasteiger partial charge in [-0.2, -0.15) is 0 Å². The summed E-state index contributed by atoms with van der Waals surface area (Å²) in [4.78, 5) is 11.6. The fraction of sp³-hybridized carbons (Fsp3) is 0.562. The minimum Gasteiger partial charge on any atom is -0.354 e. The number of nitrogens with one attached hydrogen (secondary N) is 1. The maximum absolute atomic E-state index is 11.6. The van der Waals surface area contributed by atoms with Crippen LogP contribution in [0.2, 0.25) is 0 Å². The maximum Gasteiger partial charge on any atom is 0.220 e. The molecule has 1 amide bonds. The molecule has 1 aliphatic rings. The number of benzene rings is 1. The molecule has 0 heterocycles. The second-order valence-corrected chi connectivity index (χ2v) is 5.88. The second-order valence-electron chi connectivity index (χ2n) is 5.88. The van der Waals surface area contributed by atoms with Gasteiger partial charge in [0, 0.05) is 19.0 Å². The number of halogens is 1. The van der Waals surface area contributed by atoms with Crippen LogP contribution in [0.25, 0.3) is 0 Å². The molecule has 0 radical (unpaired) electrons. The Hall–Kier alpha value is -1.06. The van der Waals surface area contributed by atoms with Gasteiger partial charge in [0.15, 0.2) is 0 Å². The quantitative estimate of drug-likeness (QED) is 0.847. The van der Waals surface area contributed by atoms with Crippen LogP contribution in [0.15, 0.2) is 24.3 Å². The SMILES string of the molecule is CC(C)c1ccc(C(N)CNC(=O)CC2CC2)cc1.Cl. The predicted octanol–water partition coefficient (Wildman–Crippen LogP) is 3.15. The Balaban J connectivity index is 0.00000200. The van der Waals surface area contributed by atoms with Crippen LogP contribution in [-0.2, 0) is 4.79 Å². The average molecular weight is 297 g/mol. The maximum atomic E-state index is 11.6. The van der Waals surface area contributed by atoms with Crippen LogP contribution in [0.3, 0.4) is 0 Å². The molecule has 1 unspecified atom stereocenters. The van der Waals surface area contributed by atoms with Crippen LogP contribution in [0, 0.1) is 5.92 Å². The first-order chi connectivity index (χ1) is 9.06. The largest absolute Gasteiger partial charge is 0.354 e. The first-order valence-corrected chi connectivity index (χ1v) is 7.18. The molecule has 0 aliphatic heterocycles. The molecule has 0 spiro atoms. The van der Waals surface area contributed by atoms with Crippen molar-refractivity contribution in [1.29, 1.82) is 0 Å². The summed E-state index contributed by atoms with van der Waals surface area (Å²) in [6, 6.07) is 8.24. The summed E-state index contributed by atoms with van der Waals surface area (Å²) in [5.41, 5.74) is 8.49. The third-order valence-electron chi connectivity index (χ3n) is 3.72. The number of nitrogens with two attached hydrogens (primary N) is 1. The molecule has 2 rings (SSSR count). The average Bonchev–Trinajstić information content (AvgIpc) is 3.20.